The molecule has 41 heavy (non-hydrogen) atoms. The molecule has 3 aromatic carbocycles. The quantitative estimate of drug-likeness (QED) is 0.266. The summed E-state index contributed by atoms with van der Waals surface area (Å²) in [6, 6.07) is 23.3. The molecule has 2 N–H and O–H groups in total. The van der Waals surface area contributed by atoms with Crippen LogP contribution in [0.5, 0.6) is 0 Å². The Hall–Kier alpha value is -3.17. The number of likely N-dealkylation sites (tertiary alicyclic amines) is 1. The third-order valence-electron chi connectivity index (χ3n) is 7.54. The van der Waals surface area contributed by atoms with Crippen LogP contribution in [0.25, 0.3) is 11.1 Å². The van der Waals surface area contributed by atoms with Crippen LogP contribution in [0.1, 0.15) is 39.9 Å². The van der Waals surface area contributed by atoms with E-state index in [1.165, 1.54) is 0 Å². The van der Waals surface area contributed by atoms with E-state index in [1.54, 1.807) is 18.9 Å². The molecular weight excluding hydrogens is 536 g/mol. The molecule has 0 aromatic heterocycles. The number of carbonyl (C=O) groups is 2. The molecule has 0 unspecified atom stereocenters. The van der Waals surface area contributed by atoms with Crippen molar-refractivity contribution in [3.8, 4) is 11.1 Å². The Morgan fingerprint density at radius 2 is 1.80 bits per heavy atom. The number of nitrogens with zero attached hydrogens (tertiary/aromatic N) is 1. The lowest BCUT2D eigenvalue weighted by Crippen LogP contribution is -2.41. The van der Waals surface area contributed by atoms with Crippen LogP contribution in [0.15, 0.2) is 72.8 Å². The Morgan fingerprint density at radius 1 is 1.05 bits per heavy atom. The topological polar surface area (TPSA) is 88.1 Å². The molecule has 8 heteroatoms. The van der Waals surface area contributed by atoms with Gasteiger partial charge in [0.05, 0.1) is 19.3 Å². The Labute approximate surface area is 247 Å². The zero-order valence-electron chi connectivity index (χ0n) is 24.0. The number of hydrogen-bond donors (Lipinski definition) is 2. The lowest BCUT2D eigenvalue weighted by Gasteiger charge is -2.24. The third-order valence-corrected chi connectivity index (χ3v) is 8.18. The molecular formula is C33H40N2O5S. The maximum atomic E-state index is 13.4. The van der Waals surface area contributed by atoms with E-state index in [0.29, 0.717) is 37.5 Å². The Balaban J connectivity index is 1.56. The van der Waals surface area contributed by atoms with Crippen LogP contribution in [0, 0.1) is 6.92 Å². The van der Waals surface area contributed by atoms with Crippen molar-refractivity contribution in [1.29, 1.82) is 0 Å². The van der Waals surface area contributed by atoms with Gasteiger partial charge in [0, 0.05) is 31.8 Å². The van der Waals surface area contributed by atoms with Gasteiger partial charge in [-0.2, -0.15) is 11.8 Å². The Bertz CT molecular complexity index is 1300. The van der Waals surface area contributed by atoms with Gasteiger partial charge in [0.1, 0.15) is 6.04 Å². The summed E-state index contributed by atoms with van der Waals surface area (Å²) in [6.07, 6.45) is 3.28. The lowest BCUT2D eigenvalue weighted by molar-refractivity contribution is -0.139. The minimum absolute atomic E-state index is 0.102. The van der Waals surface area contributed by atoms with Gasteiger partial charge in [0.15, 0.2) is 0 Å². The molecule has 7 nitrogen and oxygen atoms in total. The number of nitrogens with one attached hydrogen (secondary N) is 1. The van der Waals surface area contributed by atoms with Crippen molar-refractivity contribution in [1.82, 2.24) is 10.2 Å². The number of benzene rings is 3. The van der Waals surface area contributed by atoms with E-state index in [1.807, 2.05) is 67.8 Å². The summed E-state index contributed by atoms with van der Waals surface area (Å²) >= 11 is 1.56. The summed E-state index contributed by atoms with van der Waals surface area (Å²) in [4.78, 5) is 27.6. The number of hydrogen-bond acceptors (Lipinski definition) is 6. The van der Waals surface area contributed by atoms with Crippen LogP contribution in [-0.4, -0.2) is 72.3 Å². The fraction of sp³-hybridized carbons (Fsp3) is 0.394. The highest BCUT2D eigenvalue weighted by Gasteiger charge is 2.33. The Kier molecular flexibility index (Phi) is 11.4. The number of carboxylic acids is 1. The fourth-order valence-corrected chi connectivity index (χ4v) is 5.83. The maximum absolute atomic E-state index is 13.4. The van der Waals surface area contributed by atoms with E-state index in [-0.39, 0.29) is 18.1 Å². The van der Waals surface area contributed by atoms with Crippen molar-refractivity contribution in [2.24, 2.45) is 0 Å². The largest absolute Gasteiger partial charge is 0.480 e. The zero-order chi connectivity index (χ0) is 29.2. The molecule has 0 saturated carbocycles. The highest BCUT2D eigenvalue weighted by molar-refractivity contribution is 7.98. The molecule has 0 radical (unpaired) electrons. The molecule has 1 aliphatic rings. The highest BCUT2D eigenvalue weighted by Crippen LogP contribution is 2.30. The number of ether oxygens (including phenoxy) is 2. The SMILES string of the molecule is COC[C@H]1C[C@H](OCc2ccccc2)CN1Cc1ccc(C(=O)N[C@@H](CCSC)C(=O)O)c(-c2ccccc2C)c1. The zero-order valence-corrected chi connectivity index (χ0v) is 24.9. The minimum atomic E-state index is -1.02. The molecule has 1 heterocycles. The number of methoxy groups -OCH3 is 1. The molecule has 1 saturated heterocycles. The van der Waals surface area contributed by atoms with Crippen LogP contribution < -0.4 is 5.32 Å². The molecule has 0 bridgehead atoms. The lowest BCUT2D eigenvalue weighted by atomic mass is 9.93. The maximum Gasteiger partial charge on any atom is 0.326 e. The summed E-state index contributed by atoms with van der Waals surface area (Å²) in [6.45, 7) is 4.69. The number of carboxylic acid groups (broad SMARTS) is 1. The van der Waals surface area contributed by atoms with E-state index < -0.39 is 12.0 Å². The minimum Gasteiger partial charge on any atom is -0.480 e. The molecule has 1 amide bonds. The van der Waals surface area contributed by atoms with Gasteiger partial charge in [0.25, 0.3) is 5.91 Å². The number of rotatable bonds is 14. The molecule has 218 valence electrons. The summed E-state index contributed by atoms with van der Waals surface area (Å²) in [7, 11) is 1.73. The van der Waals surface area contributed by atoms with Crippen molar-refractivity contribution in [2.45, 2.75) is 51.1 Å². The second-order valence-electron chi connectivity index (χ2n) is 10.5. The first-order chi connectivity index (χ1) is 19.9. The number of amides is 1. The predicted molar refractivity (Wildman–Crippen MR) is 164 cm³/mol. The Morgan fingerprint density at radius 3 is 2.51 bits per heavy atom. The summed E-state index contributed by atoms with van der Waals surface area (Å²) in [5.74, 6) is -0.755. The molecule has 4 rings (SSSR count). The number of thioether (sulfide) groups is 1. The first-order valence-electron chi connectivity index (χ1n) is 14.0. The normalized spacial score (nSPS) is 17.8. The third kappa shape index (κ3) is 8.42. The van der Waals surface area contributed by atoms with E-state index in [9.17, 15) is 14.7 Å². The van der Waals surface area contributed by atoms with Gasteiger partial charge >= 0.3 is 5.97 Å². The van der Waals surface area contributed by atoms with Crippen molar-refractivity contribution in [2.75, 3.05) is 32.3 Å². The second kappa shape index (κ2) is 15.2. The second-order valence-corrected chi connectivity index (χ2v) is 11.5. The molecule has 1 aliphatic heterocycles. The molecule has 3 atom stereocenters. The van der Waals surface area contributed by atoms with Gasteiger partial charge in [-0.3, -0.25) is 9.69 Å². The van der Waals surface area contributed by atoms with Crippen LogP contribution in [0.2, 0.25) is 0 Å². The standard InChI is InChI=1S/C33H40N2O5S/c1-23-9-7-8-12-28(23)30-17-25(13-14-29(30)32(36)34-31(33(37)38)15-16-41-3)19-35-20-27(18-26(35)22-39-2)40-21-24-10-5-4-6-11-24/h4-14,17,26-27,31H,15-16,18-22H2,1-3H3,(H,34,36)(H,37,38)/t26-,27+,31+/m1/s1. The van der Waals surface area contributed by atoms with Crippen LogP contribution in [0.3, 0.4) is 0 Å². The van der Waals surface area contributed by atoms with E-state index in [2.05, 4.69) is 28.4 Å². The smallest absolute Gasteiger partial charge is 0.326 e. The summed E-state index contributed by atoms with van der Waals surface area (Å²) in [5, 5.41) is 12.4. The number of aliphatic carboxylic acids is 1. The first-order valence-corrected chi connectivity index (χ1v) is 15.4. The monoisotopic (exact) mass is 576 g/mol. The van der Waals surface area contributed by atoms with Crippen molar-refractivity contribution in [3.63, 3.8) is 0 Å². The van der Waals surface area contributed by atoms with Crippen molar-refractivity contribution in [3.05, 3.63) is 95.1 Å². The van der Waals surface area contributed by atoms with Gasteiger partial charge in [-0.25, -0.2) is 4.79 Å². The first kappa shape index (κ1) is 30.8. The van der Waals surface area contributed by atoms with E-state index in [0.717, 1.165) is 40.8 Å². The molecule has 1 fully saturated rings. The van der Waals surface area contributed by atoms with Gasteiger partial charge < -0.3 is 19.9 Å². The van der Waals surface area contributed by atoms with Gasteiger partial charge in [0.2, 0.25) is 0 Å². The van der Waals surface area contributed by atoms with Crippen LogP contribution in [-0.2, 0) is 27.4 Å². The fourth-order valence-electron chi connectivity index (χ4n) is 5.36. The average molecular weight is 577 g/mol. The highest BCUT2D eigenvalue weighted by atomic mass is 32.2. The van der Waals surface area contributed by atoms with Crippen LogP contribution in [0.4, 0.5) is 0 Å². The van der Waals surface area contributed by atoms with Gasteiger partial charge in [-0.05, 0) is 71.7 Å². The average Bonchev–Trinajstić information content (AvgIpc) is 3.35. The van der Waals surface area contributed by atoms with E-state index in [4.69, 9.17) is 9.47 Å². The predicted octanol–water partition coefficient (Wildman–Crippen LogP) is 5.40. The summed E-state index contributed by atoms with van der Waals surface area (Å²) < 4.78 is 11.8. The van der Waals surface area contributed by atoms with Crippen molar-refractivity contribution >= 4 is 23.6 Å². The van der Waals surface area contributed by atoms with Crippen LogP contribution >= 0.6 is 11.8 Å². The molecule has 3 aromatic rings. The number of aryl methyl sites for hydroxylation is 1. The summed E-state index contributed by atoms with van der Waals surface area (Å²) in [5.41, 5.74) is 5.49. The number of carbonyl (C=O) groups excluding carboxylic acids is 1. The van der Waals surface area contributed by atoms with Gasteiger partial charge in [-0.15, -0.1) is 0 Å². The molecule has 0 aliphatic carbocycles. The van der Waals surface area contributed by atoms with Gasteiger partial charge in [-0.1, -0.05) is 60.7 Å². The van der Waals surface area contributed by atoms with Crippen molar-refractivity contribution < 1.29 is 24.2 Å². The molecule has 0 spiro atoms. The van der Waals surface area contributed by atoms with E-state index >= 15 is 0 Å².